The summed E-state index contributed by atoms with van der Waals surface area (Å²) in [5.74, 6) is 1.95. The van der Waals surface area contributed by atoms with E-state index < -0.39 is 0 Å². The summed E-state index contributed by atoms with van der Waals surface area (Å²) in [6.07, 6.45) is 0. The molecule has 0 aliphatic carbocycles. The summed E-state index contributed by atoms with van der Waals surface area (Å²) in [4.78, 5) is 6.65. The minimum Gasteiger partial charge on any atom is -0.510 e. The third kappa shape index (κ3) is 3.96. The fourth-order valence-electron chi connectivity index (χ4n) is 4.15. The minimum atomic E-state index is -0.115. The normalized spacial score (nSPS) is 14.9. The molecule has 0 saturated heterocycles. The van der Waals surface area contributed by atoms with Crippen molar-refractivity contribution in [3.8, 4) is 22.8 Å². The molecule has 6 nitrogen and oxygen atoms in total. The Labute approximate surface area is 192 Å². The third-order valence-corrected chi connectivity index (χ3v) is 6.50. The van der Waals surface area contributed by atoms with Gasteiger partial charge in [0, 0.05) is 10.9 Å². The predicted octanol–water partition coefficient (Wildman–Crippen LogP) is 5.79. The third-order valence-electron chi connectivity index (χ3n) is 5.64. The second-order valence-corrected chi connectivity index (χ2v) is 8.86. The molecule has 0 saturated carbocycles. The van der Waals surface area contributed by atoms with E-state index >= 15 is 0 Å². The number of ether oxygens (including phenoxy) is 2. The topological polar surface area (TPSA) is 78.7 Å². The van der Waals surface area contributed by atoms with Crippen molar-refractivity contribution in [2.24, 2.45) is 5.92 Å². The van der Waals surface area contributed by atoms with Crippen LogP contribution in [-0.2, 0) is 0 Å². The monoisotopic (exact) mass is 449 g/mol. The first-order chi connectivity index (χ1) is 15.4. The van der Waals surface area contributed by atoms with Gasteiger partial charge in [-0.2, -0.15) is 0 Å². The summed E-state index contributed by atoms with van der Waals surface area (Å²) < 4.78 is 10.9. The summed E-state index contributed by atoms with van der Waals surface area (Å²) in [5, 5.41) is 22.4. The number of hydrogen-bond donors (Lipinski definition) is 2. The molecular formula is C25H27N3O3S. The number of rotatable bonds is 7. The first-order valence-corrected chi connectivity index (χ1v) is 11.3. The van der Waals surface area contributed by atoms with Crippen LogP contribution in [0.15, 0.2) is 59.7 Å². The molecule has 0 spiro atoms. The maximum absolute atomic E-state index is 10.8. The molecule has 0 radical (unpaired) electrons. The average Bonchev–Trinajstić information content (AvgIpc) is 3.38. The highest BCUT2D eigenvalue weighted by Gasteiger charge is 2.36. The molecular weight excluding hydrogens is 422 g/mol. The van der Waals surface area contributed by atoms with Gasteiger partial charge in [0.25, 0.3) is 0 Å². The molecule has 0 bridgehead atoms. The van der Waals surface area contributed by atoms with Crippen LogP contribution in [0, 0.1) is 11.3 Å². The number of nitrogens with zero attached hydrogens (tertiary/aromatic N) is 2. The van der Waals surface area contributed by atoms with E-state index in [-0.39, 0.29) is 30.1 Å². The summed E-state index contributed by atoms with van der Waals surface area (Å²) in [5.41, 5.74) is 3.36. The standard InChI is InChI=1S/C25H27N3O3S/c1-15(2)23(17-10-11-20(30-3)21(12-17)31-4)28-13-19(29)22(24(28)26)25-27-18(14-32-25)16-8-6-5-7-9-16/h5-12,14-15,23,26,29H,13H2,1-4H3/t23-/m0/s1. The molecule has 4 rings (SSSR count). The molecule has 32 heavy (non-hydrogen) atoms. The van der Waals surface area contributed by atoms with Crippen LogP contribution in [0.1, 0.15) is 30.5 Å². The van der Waals surface area contributed by atoms with E-state index in [9.17, 15) is 5.11 Å². The second-order valence-electron chi connectivity index (χ2n) is 8.01. The van der Waals surface area contributed by atoms with Gasteiger partial charge in [0.15, 0.2) is 11.5 Å². The Kier molecular flexibility index (Phi) is 6.19. The zero-order valence-electron chi connectivity index (χ0n) is 18.6. The lowest BCUT2D eigenvalue weighted by molar-refractivity contribution is 0.247. The highest BCUT2D eigenvalue weighted by atomic mass is 32.1. The van der Waals surface area contributed by atoms with Gasteiger partial charge in [-0.05, 0) is 23.6 Å². The summed E-state index contributed by atoms with van der Waals surface area (Å²) in [6.45, 7) is 4.49. The highest BCUT2D eigenvalue weighted by molar-refractivity contribution is 7.11. The molecule has 1 aromatic heterocycles. The molecule has 2 N–H and O–H groups in total. The van der Waals surface area contributed by atoms with Crippen LogP contribution < -0.4 is 9.47 Å². The van der Waals surface area contributed by atoms with Crippen molar-refractivity contribution < 1.29 is 14.6 Å². The van der Waals surface area contributed by atoms with Crippen LogP contribution in [0.5, 0.6) is 11.5 Å². The van der Waals surface area contributed by atoms with Crippen LogP contribution in [0.4, 0.5) is 0 Å². The van der Waals surface area contributed by atoms with Crippen molar-refractivity contribution in [2.45, 2.75) is 19.9 Å². The number of nitrogens with one attached hydrogen (secondary N) is 1. The molecule has 2 aromatic carbocycles. The molecule has 2 heterocycles. The molecule has 0 amide bonds. The summed E-state index contributed by atoms with van der Waals surface area (Å²) >= 11 is 1.45. The lowest BCUT2D eigenvalue weighted by Crippen LogP contribution is -2.34. The van der Waals surface area contributed by atoms with Gasteiger partial charge >= 0.3 is 0 Å². The Morgan fingerprint density at radius 3 is 2.44 bits per heavy atom. The SMILES string of the molecule is COc1ccc([C@H](C(C)C)N2CC(O)=C(c3nc(-c4ccccc4)cs3)C2=N)cc1OC. The number of aliphatic hydroxyl groups is 1. The Morgan fingerprint density at radius 1 is 1.06 bits per heavy atom. The Hall–Kier alpha value is -3.32. The van der Waals surface area contributed by atoms with Crippen molar-refractivity contribution in [3.63, 3.8) is 0 Å². The Morgan fingerprint density at radius 2 is 1.78 bits per heavy atom. The average molecular weight is 450 g/mol. The Balaban J connectivity index is 1.65. The van der Waals surface area contributed by atoms with Gasteiger partial charge in [-0.3, -0.25) is 5.41 Å². The molecule has 1 aliphatic rings. The quantitative estimate of drug-likeness (QED) is 0.478. The highest BCUT2D eigenvalue weighted by Crippen LogP contribution is 2.40. The smallest absolute Gasteiger partial charge is 0.161 e. The summed E-state index contributed by atoms with van der Waals surface area (Å²) in [7, 11) is 3.22. The number of methoxy groups -OCH3 is 2. The number of aliphatic hydroxyl groups excluding tert-OH is 1. The van der Waals surface area contributed by atoms with Gasteiger partial charge in [-0.25, -0.2) is 4.98 Å². The molecule has 7 heteroatoms. The molecule has 1 atom stereocenters. The summed E-state index contributed by atoms with van der Waals surface area (Å²) in [6, 6.07) is 15.6. The molecule has 0 fully saturated rings. The molecule has 3 aromatic rings. The van der Waals surface area contributed by atoms with Gasteiger partial charge in [-0.15, -0.1) is 11.3 Å². The zero-order valence-corrected chi connectivity index (χ0v) is 19.4. The van der Waals surface area contributed by atoms with Gasteiger partial charge in [0.05, 0.1) is 38.1 Å². The van der Waals surface area contributed by atoms with Gasteiger partial charge in [0.1, 0.15) is 16.6 Å². The lowest BCUT2D eigenvalue weighted by Gasteiger charge is -2.33. The van der Waals surface area contributed by atoms with Crippen molar-refractivity contribution >= 4 is 22.7 Å². The van der Waals surface area contributed by atoms with Gasteiger partial charge in [-0.1, -0.05) is 50.2 Å². The minimum absolute atomic E-state index is 0.115. The number of thiazole rings is 1. The van der Waals surface area contributed by atoms with E-state index in [2.05, 4.69) is 13.8 Å². The van der Waals surface area contributed by atoms with Crippen LogP contribution >= 0.6 is 11.3 Å². The van der Waals surface area contributed by atoms with E-state index in [4.69, 9.17) is 19.9 Å². The van der Waals surface area contributed by atoms with E-state index in [1.54, 1.807) is 14.2 Å². The van der Waals surface area contributed by atoms with Crippen LogP contribution in [-0.4, -0.2) is 41.6 Å². The maximum atomic E-state index is 10.8. The first kappa shape index (κ1) is 21.9. The maximum Gasteiger partial charge on any atom is 0.161 e. The van der Waals surface area contributed by atoms with E-state index in [1.807, 2.05) is 58.8 Å². The fraction of sp³-hybridized carbons (Fsp3) is 0.280. The van der Waals surface area contributed by atoms with Crippen LogP contribution in [0.2, 0.25) is 0 Å². The lowest BCUT2D eigenvalue weighted by atomic mass is 9.94. The largest absolute Gasteiger partial charge is 0.510 e. The number of amidine groups is 1. The van der Waals surface area contributed by atoms with Crippen molar-refractivity contribution in [1.29, 1.82) is 5.41 Å². The number of hydrogen-bond acceptors (Lipinski definition) is 6. The predicted molar refractivity (Wildman–Crippen MR) is 129 cm³/mol. The molecule has 1 aliphatic heterocycles. The second kappa shape index (κ2) is 9.04. The van der Waals surface area contributed by atoms with E-state index in [1.165, 1.54) is 11.3 Å². The van der Waals surface area contributed by atoms with Gasteiger partial charge < -0.3 is 19.5 Å². The van der Waals surface area contributed by atoms with Crippen molar-refractivity contribution in [1.82, 2.24) is 9.88 Å². The van der Waals surface area contributed by atoms with E-state index in [0.717, 1.165) is 16.8 Å². The first-order valence-electron chi connectivity index (χ1n) is 10.5. The van der Waals surface area contributed by atoms with Crippen molar-refractivity contribution in [3.05, 3.63) is 70.2 Å². The molecule has 0 unspecified atom stereocenters. The van der Waals surface area contributed by atoms with Crippen LogP contribution in [0.25, 0.3) is 16.8 Å². The van der Waals surface area contributed by atoms with Gasteiger partial charge in [0.2, 0.25) is 0 Å². The van der Waals surface area contributed by atoms with E-state index in [0.29, 0.717) is 22.1 Å². The zero-order chi connectivity index (χ0) is 22.8. The number of aromatic nitrogens is 1. The fourth-order valence-corrected chi connectivity index (χ4v) is 5.05. The number of benzene rings is 2. The van der Waals surface area contributed by atoms with Crippen molar-refractivity contribution in [2.75, 3.05) is 20.8 Å². The van der Waals surface area contributed by atoms with Crippen LogP contribution in [0.3, 0.4) is 0 Å². The molecule has 166 valence electrons. The Bertz CT molecular complexity index is 1150.